The van der Waals surface area contributed by atoms with Crippen molar-refractivity contribution in [1.29, 1.82) is 0 Å². The van der Waals surface area contributed by atoms with Gasteiger partial charge in [0.1, 0.15) is 5.82 Å². The van der Waals surface area contributed by atoms with Gasteiger partial charge in [0.2, 0.25) is 0 Å². The maximum atomic E-state index is 12.7. The van der Waals surface area contributed by atoms with E-state index in [-0.39, 0.29) is 24.1 Å². The number of carbonyl (C=O) groups excluding carboxylic acids is 2. The third-order valence-corrected chi connectivity index (χ3v) is 5.39. The van der Waals surface area contributed by atoms with Gasteiger partial charge < -0.3 is 25.2 Å². The van der Waals surface area contributed by atoms with Crippen LogP contribution in [-0.4, -0.2) is 73.3 Å². The molecule has 28 heavy (non-hydrogen) atoms. The van der Waals surface area contributed by atoms with E-state index in [1.807, 2.05) is 11.8 Å². The van der Waals surface area contributed by atoms with E-state index in [9.17, 15) is 9.59 Å². The number of ether oxygens (including phenoxy) is 1. The summed E-state index contributed by atoms with van der Waals surface area (Å²) in [5, 5.41) is 5.97. The first kappa shape index (κ1) is 20.4. The number of anilines is 1. The van der Waals surface area contributed by atoms with Crippen LogP contribution >= 0.6 is 0 Å². The largest absolute Gasteiger partial charge is 0.376 e. The van der Waals surface area contributed by atoms with Crippen LogP contribution < -0.4 is 15.5 Å². The fourth-order valence-corrected chi connectivity index (χ4v) is 3.46. The third-order valence-electron chi connectivity index (χ3n) is 5.39. The molecule has 1 aromatic rings. The van der Waals surface area contributed by atoms with E-state index in [0.29, 0.717) is 44.1 Å². The Morgan fingerprint density at radius 3 is 2.79 bits per heavy atom. The predicted octanol–water partition coefficient (Wildman–Crippen LogP) is 1.62. The molecule has 3 rings (SSSR count). The number of amides is 3. The van der Waals surface area contributed by atoms with Gasteiger partial charge >= 0.3 is 6.03 Å². The lowest BCUT2D eigenvalue weighted by molar-refractivity contribution is 0.0857. The molecule has 2 aliphatic heterocycles. The highest BCUT2D eigenvalue weighted by molar-refractivity contribution is 5.98. The Labute approximate surface area is 166 Å². The van der Waals surface area contributed by atoms with Crippen LogP contribution in [0.3, 0.4) is 0 Å². The van der Waals surface area contributed by atoms with E-state index < -0.39 is 0 Å². The number of aromatic nitrogens is 1. The molecule has 0 unspecified atom stereocenters. The number of hydrogen-bond donors (Lipinski definition) is 2. The summed E-state index contributed by atoms with van der Waals surface area (Å²) in [7, 11) is 0. The number of pyridine rings is 1. The molecule has 0 bridgehead atoms. The monoisotopic (exact) mass is 389 g/mol. The van der Waals surface area contributed by atoms with Crippen molar-refractivity contribution >= 4 is 17.8 Å². The second-order valence-electron chi connectivity index (χ2n) is 7.45. The summed E-state index contributed by atoms with van der Waals surface area (Å²) in [4.78, 5) is 33.3. The van der Waals surface area contributed by atoms with Gasteiger partial charge in [0.25, 0.3) is 5.91 Å². The van der Waals surface area contributed by atoms with Crippen molar-refractivity contribution in [2.45, 2.75) is 45.3 Å². The summed E-state index contributed by atoms with van der Waals surface area (Å²) in [6.07, 6.45) is 4.75. The van der Waals surface area contributed by atoms with Gasteiger partial charge in [-0.05, 0) is 38.3 Å². The lowest BCUT2D eigenvalue weighted by atomic mass is 10.2. The maximum absolute atomic E-state index is 12.7. The highest BCUT2D eigenvalue weighted by Crippen LogP contribution is 2.19. The minimum Gasteiger partial charge on any atom is -0.376 e. The number of rotatable bonds is 6. The van der Waals surface area contributed by atoms with Crippen molar-refractivity contribution in [2.75, 3.05) is 44.2 Å². The molecular weight excluding hydrogens is 358 g/mol. The topological polar surface area (TPSA) is 86.8 Å². The molecule has 0 spiro atoms. The van der Waals surface area contributed by atoms with Crippen LogP contribution in [0.4, 0.5) is 10.6 Å². The number of piperazine rings is 1. The lowest BCUT2D eigenvalue weighted by Gasteiger charge is -2.36. The first-order chi connectivity index (χ1) is 13.6. The summed E-state index contributed by atoms with van der Waals surface area (Å²) >= 11 is 0. The van der Waals surface area contributed by atoms with Gasteiger partial charge in [-0.3, -0.25) is 4.79 Å². The molecular formula is C20H31N5O3. The molecule has 8 nitrogen and oxygen atoms in total. The Balaban J connectivity index is 1.57. The molecule has 2 fully saturated rings. The second-order valence-corrected chi connectivity index (χ2v) is 7.45. The van der Waals surface area contributed by atoms with Crippen LogP contribution in [-0.2, 0) is 4.74 Å². The van der Waals surface area contributed by atoms with Crippen molar-refractivity contribution in [2.24, 2.45) is 0 Å². The van der Waals surface area contributed by atoms with E-state index in [1.165, 1.54) is 0 Å². The van der Waals surface area contributed by atoms with E-state index in [2.05, 4.69) is 27.4 Å². The van der Waals surface area contributed by atoms with Crippen molar-refractivity contribution in [3.63, 3.8) is 0 Å². The first-order valence-corrected chi connectivity index (χ1v) is 10.2. The number of hydrogen-bond acceptors (Lipinski definition) is 5. The summed E-state index contributed by atoms with van der Waals surface area (Å²) in [5.41, 5.74) is 0.568. The van der Waals surface area contributed by atoms with Gasteiger partial charge in [-0.2, -0.15) is 0 Å². The Kier molecular flexibility index (Phi) is 7.08. The standard InChI is InChI=1S/C20H31N5O3/c1-3-15(2)23-20(27)25-11-9-24(10-12-25)18-17(7-4-8-21-18)19(26)22-14-16-6-5-13-28-16/h4,7-8,15-16H,3,5-6,9-14H2,1-2H3,(H,22,26)(H,23,27)/t15-,16+/m1/s1. The zero-order chi connectivity index (χ0) is 19.9. The molecule has 3 amide bonds. The smallest absolute Gasteiger partial charge is 0.317 e. The normalized spacial score (nSPS) is 20.7. The third kappa shape index (κ3) is 5.13. The first-order valence-electron chi connectivity index (χ1n) is 10.2. The summed E-state index contributed by atoms with van der Waals surface area (Å²) in [6.45, 7) is 7.86. The number of nitrogens with one attached hydrogen (secondary N) is 2. The van der Waals surface area contributed by atoms with Crippen LogP contribution in [0.5, 0.6) is 0 Å². The molecule has 2 N–H and O–H groups in total. The van der Waals surface area contributed by atoms with Crippen molar-refractivity contribution in [3.05, 3.63) is 23.9 Å². The quantitative estimate of drug-likeness (QED) is 0.772. The molecule has 0 aromatic carbocycles. The fraction of sp³-hybridized carbons (Fsp3) is 0.650. The number of urea groups is 1. The average Bonchev–Trinajstić information content (AvgIpc) is 3.25. The highest BCUT2D eigenvalue weighted by atomic mass is 16.5. The molecule has 2 atom stereocenters. The van der Waals surface area contributed by atoms with Gasteiger partial charge in [0.15, 0.2) is 0 Å². The molecule has 0 radical (unpaired) electrons. The van der Waals surface area contributed by atoms with E-state index in [4.69, 9.17) is 4.74 Å². The van der Waals surface area contributed by atoms with Crippen LogP contribution in [0.25, 0.3) is 0 Å². The Hall–Kier alpha value is -2.35. The molecule has 1 aromatic heterocycles. The zero-order valence-electron chi connectivity index (χ0n) is 16.8. The summed E-state index contributed by atoms with van der Waals surface area (Å²) in [6, 6.07) is 3.72. The minimum absolute atomic E-state index is 0.0236. The van der Waals surface area contributed by atoms with Crippen LogP contribution in [0.1, 0.15) is 43.5 Å². The van der Waals surface area contributed by atoms with Crippen molar-refractivity contribution in [3.8, 4) is 0 Å². The Morgan fingerprint density at radius 1 is 1.32 bits per heavy atom. The molecule has 2 aliphatic rings. The fourth-order valence-electron chi connectivity index (χ4n) is 3.46. The van der Waals surface area contributed by atoms with Gasteiger partial charge in [0.05, 0.1) is 11.7 Å². The Morgan fingerprint density at radius 2 is 2.11 bits per heavy atom. The highest BCUT2D eigenvalue weighted by Gasteiger charge is 2.26. The molecule has 3 heterocycles. The molecule has 0 aliphatic carbocycles. The molecule has 2 saturated heterocycles. The van der Waals surface area contributed by atoms with Crippen molar-refractivity contribution < 1.29 is 14.3 Å². The summed E-state index contributed by atoms with van der Waals surface area (Å²) in [5.74, 6) is 0.546. The number of nitrogens with zero attached hydrogens (tertiary/aromatic N) is 3. The van der Waals surface area contributed by atoms with Gasteiger partial charge in [-0.25, -0.2) is 9.78 Å². The molecule has 0 saturated carbocycles. The average molecular weight is 390 g/mol. The zero-order valence-corrected chi connectivity index (χ0v) is 16.8. The SMILES string of the molecule is CC[C@@H](C)NC(=O)N1CCN(c2ncccc2C(=O)NC[C@@H]2CCCO2)CC1. The Bertz CT molecular complexity index is 670. The predicted molar refractivity (Wildman–Crippen MR) is 108 cm³/mol. The van der Waals surface area contributed by atoms with Gasteiger partial charge in [0, 0.05) is 51.6 Å². The maximum Gasteiger partial charge on any atom is 0.317 e. The van der Waals surface area contributed by atoms with Gasteiger partial charge in [-0.15, -0.1) is 0 Å². The van der Waals surface area contributed by atoms with Gasteiger partial charge in [-0.1, -0.05) is 6.92 Å². The van der Waals surface area contributed by atoms with Crippen LogP contribution in [0, 0.1) is 0 Å². The van der Waals surface area contributed by atoms with E-state index in [1.54, 1.807) is 18.3 Å². The molecule has 154 valence electrons. The van der Waals surface area contributed by atoms with E-state index in [0.717, 1.165) is 25.9 Å². The second kappa shape index (κ2) is 9.73. The minimum atomic E-state index is -0.129. The lowest BCUT2D eigenvalue weighted by Crippen LogP contribution is -2.53. The molecule has 8 heteroatoms. The summed E-state index contributed by atoms with van der Waals surface area (Å²) < 4.78 is 5.57. The van der Waals surface area contributed by atoms with Crippen LogP contribution in [0.15, 0.2) is 18.3 Å². The van der Waals surface area contributed by atoms with E-state index >= 15 is 0 Å². The number of carbonyl (C=O) groups is 2. The van der Waals surface area contributed by atoms with Crippen LogP contribution in [0.2, 0.25) is 0 Å². The van der Waals surface area contributed by atoms with Crippen molar-refractivity contribution in [1.82, 2.24) is 20.5 Å².